The van der Waals surface area contributed by atoms with Crippen LogP contribution in [0.5, 0.6) is 0 Å². The molecule has 2 aliphatic rings. The average Bonchev–Trinajstić information content (AvgIpc) is 2.53. The van der Waals surface area contributed by atoms with Crippen molar-refractivity contribution in [1.29, 1.82) is 0 Å². The van der Waals surface area contributed by atoms with E-state index < -0.39 is 0 Å². The lowest BCUT2D eigenvalue weighted by Gasteiger charge is -2.42. The zero-order chi connectivity index (χ0) is 13.9. The summed E-state index contributed by atoms with van der Waals surface area (Å²) in [7, 11) is 0. The third-order valence-electron chi connectivity index (χ3n) is 4.41. The summed E-state index contributed by atoms with van der Waals surface area (Å²) in [6.45, 7) is 3.71. The summed E-state index contributed by atoms with van der Waals surface area (Å²) in [4.78, 5) is 27.4. The summed E-state index contributed by atoms with van der Waals surface area (Å²) >= 11 is 0. The Labute approximate surface area is 114 Å². The number of nitrogens with two attached hydrogens (primary N) is 2. The lowest BCUT2D eigenvalue weighted by atomic mass is 9.68. The first-order valence-electron chi connectivity index (χ1n) is 7.07. The van der Waals surface area contributed by atoms with Gasteiger partial charge in [0.1, 0.15) is 0 Å². The zero-order valence-electron chi connectivity index (χ0n) is 11.4. The van der Waals surface area contributed by atoms with Crippen molar-refractivity contribution in [2.45, 2.75) is 25.7 Å². The maximum atomic E-state index is 12.6. The van der Waals surface area contributed by atoms with E-state index in [4.69, 9.17) is 11.5 Å². The second-order valence-corrected chi connectivity index (χ2v) is 5.73. The van der Waals surface area contributed by atoms with Crippen molar-refractivity contribution in [3.63, 3.8) is 0 Å². The summed E-state index contributed by atoms with van der Waals surface area (Å²) in [6, 6.07) is 0. The molecule has 0 radical (unpaired) electrons. The van der Waals surface area contributed by atoms with Gasteiger partial charge in [0.2, 0.25) is 11.8 Å². The highest BCUT2D eigenvalue weighted by molar-refractivity contribution is 5.84. The number of amides is 2. The third kappa shape index (κ3) is 3.06. The first kappa shape index (κ1) is 14.3. The van der Waals surface area contributed by atoms with Gasteiger partial charge in [0.25, 0.3) is 0 Å². The summed E-state index contributed by atoms with van der Waals surface area (Å²) < 4.78 is 0. The molecule has 0 spiro atoms. The Morgan fingerprint density at radius 1 is 1.05 bits per heavy atom. The van der Waals surface area contributed by atoms with Crippen LogP contribution in [-0.4, -0.2) is 60.9 Å². The van der Waals surface area contributed by atoms with Crippen molar-refractivity contribution in [2.75, 3.05) is 39.3 Å². The Bertz CT molecular complexity index is 349. The standard InChI is InChI=1S/C13H24N4O2/c14-10-13(3-1-4-13)12(19)17-6-2-5-16(7-8-17)9-11(15)18/h1-10,14H2,(H2,15,18). The van der Waals surface area contributed by atoms with Crippen molar-refractivity contribution in [2.24, 2.45) is 16.9 Å². The molecular weight excluding hydrogens is 244 g/mol. The highest BCUT2D eigenvalue weighted by Crippen LogP contribution is 2.41. The molecule has 0 unspecified atom stereocenters. The van der Waals surface area contributed by atoms with E-state index in [0.717, 1.165) is 45.3 Å². The minimum absolute atomic E-state index is 0.210. The second kappa shape index (κ2) is 5.88. The summed E-state index contributed by atoms with van der Waals surface area (Å²) in [6.07, 6.45) is 3.83. The van der Waals surface area contributed by atoms with Crippen molar-refractivity contribution in [3.8, 4) is 0 Å². The maximum absolute atomic E-state index is 12.6. The molecule has 6 heteroatoms. The third-order valence-corrected chi connectivity index (χ3v) is 4.41. The molecule has 1 heterocycles. The van der Waals surface area contributed by atoms with E-state index in [1.807, 2.05) is 9.80 Å². The van der Waals surface area contributed by atoms with Gasteiger partial charge in [-0.2, -0.15) is 0 Å². The molecule has 2 amide bonds. The number of primary amides is 1. The predicted molar refractivity (Wildman–Crippen MR) is 72.2 cm³/mol. The van der Waals surface area contributed by atoms with E-state index in [0.29, 0.717) is 13.1 Å². The van der Waals surface area contributed by atoms with Gasteiger partial charge in [-0.05, 0) is 19.3 Å². The summed E-state index contributed by atoms with van der Waals surface area (Å²) in [5, 5.41) is 0. The quantitative estimate of drug-likeness (QED) is 0.693. The van der Waals surface area contributed by atoms with E-state index in [9.17, 15) is 9.59 Å². The molecule has 19 heavy (non-hydrogen) atoms. The van der Waals surface area contributed by atoms with Gasteiger partial charge >= 0.3 is 0 Å². The molecule has 108 valence electrons. The van der Waals surface area contributed by atoms with Crippen LogP contribution in [0.15, 0.2) is 0 Å². The minimum Gasteiger partial charge on any atom is -0.369 e. The van der Waals surface area contributed by atoms with Gasteiger partial charge in [-0.3, -0.25) is 14.5 Å². The van der Waals surface area contributed by atoms with E-state index in [-0.39, 0.29) is 23.8 Å². The van der Waals surface area contributed by atoms with Crippen LogP contribution in [0.1, 0.15) is 25.7 Å². The Kier molecular flexibility index (Phi) is 4.42. The molecule has 1 aliphatic carbocycles. The highest BCUT2D eigenvalue weighted by atomic mass is 16.2. The summed E-state index contributed by atoms with van der Waals surface area (Å²) in [5.74, 6) is -0.0978. The van der Waals surface area contributed by atoms with Crippen LogP contribution < -0.4 is 11.5 Å². The molecule has 0 bridgehead atoms. The number of carbonyl (C=O) groups is 2. The van der Waals surface area contributed by atoms with Gasteiger partial charge in [0.15, 0.2) is 0 Å². The minimum atomic E-state index is -0.308. The molecule has 0 aromatic rings. The van der Waals surface area contributed by atoms with E-state index in [1.54, 1.807) is 0 Å². The molecule has 1 saturated carbocycles. The van der Waals surface area contributed by atoms with Crippen LogP contribution in [0, 0.1) is 5.41 Å². The Balaban J connectivity index is 1.91. The normalized spacial score (nSPS) is 23.5. The van der Waals surface area contributed by atoms with Crippen molar-refractivity contribution >= 4 is 11.8 Å². The van der Waals surface area contributed by atoms with Gasteiger partial charge in [0, 0.05) is 32.7 Å². The molecule has 4 N–H and O–H groups in total. The molecule has 0 aromatic carbocycles. The smallest absolute Gasteiger partial charge is 0.231 e. The fraction of sp³-hybridized carbons (Fsp3) is 0.846. The number of carbonyl (C=O) groups excluding carboxylic acids is 2. The highest BCUT2D eigenvalue weighted by Gasteiger charge is 2.45. The van der Waals surface area contributed by atoms with Crippen molar-refractivity contribution in [1.82, 2.24) is 9.80 Å². The topological polar surface area (TPSA) is 92.7 Å². The van der Waals surface area contributed by atoms with E-state index >= 15 is 0 Å². The van der Waals surface area contributed by atoms with Crippen LogP contribution >= 0.6 is 0 Å². The van der Waals surface area contributed by atoms with Gasteiger partial charge in [-0.1, -0.05) is 6.42 Å². The van der Waals surface area contributed by atoms with Crippen molar-refractivity contribution < 1.29 is 9.59 Å². The summed E-state index contributed by atoms with van der Waals surface area (Å²) in [5.41, 5.74) is 10.7. The lowest BCUT2D eigenvalue weighted by molar-refractivity contribution is -0.146. The molecule has 1 aliphatic heterocycles. The van der Waals surface area contributed by atoms with Gasteiger partial charge < -0.3 is 16.4 Å². The molecule has 2 rings (SSSR count). The fourth-order valence-corrected chi connectivity index (χ4v) is 3.00. The molecule has 0 atom stereocenters. The van der Waals surface area contributed by atoms with Crippen LogP contribution in [0.2, 0.25) is 0 Å². The molecule has 2 fully saturated rings. The van der Waals surface area contributed by atoms with Crippen LogP contribution in [0.3, 0.4) is 0 Å². The number of hydrogen-bond acceptors (Lipinski definition) is 4. The van der Waals surface area contributed by atoms with Gasteiger partial charge in [0.05, 0.1) is 12.0 Å². The monoisotopic (exact) mass is 268 g/mol. The largest absolute Gasteiger partial charge is 0.369 e. The zero-order valence-corrected chi connectivity index (χ0v) is 11.4. The second-order valence-electron chi connectivity index (χ2n) is 5.73. The lowest BCUT2D eigenvalue weighted by Crippen LogP contribution is -2.52. The van der Waals surface area contributed by atoms with Crippen LogP contribution in [0.4, 0.5) is 0 Å². The number of hydrogen-bond donors (Lipinski definition) is 2. The van der Waals surface area contributed by atoms with E-state index in [1.165, 1.54) is 0 Å². The maximum Gasteiger partial charge on any atom is 0.231 e. The fourth-order valence-electron chi connectivity index (χ4n) is 3.00. The SMILES string of the molecule is NCC1(C(=O)N2CCCN(CC(N)=O)CC2)CCC1. The number of rotatable bonds is 4. The van der Waals surface area contributed by atoms with Crippen LogP contribution in [0.25, 0.3) is 0 Å². The van der Waals surface area contributed by atoms with Gasteiger partial charge in [-0.25, -0.2) is 0 Å². The predicted octanol–water partition coefficient (Wildman–Crippen LogP) is -0.865. The first-order valence-corrected chi connectivity index (χ1v) is 7.07. The van der Waals surface area contributed by atoms with Gasteiger partial charge in [-0.15, -0.1) is 0 Å². The van der Waals surface area contributed by atoms with Crippen LogP contribution in [-0.2, 0) is 9.59 Å². The molecule has 6 nitrogen and oxygen atoms in total. The number of nitrogens with zero attached hydrogens (tertiary/aromatic N) is 2. The van der Waals surface area contributed by atoms with E-state index in [2.05, 4.69) is 0 Å². The Morgan fingerprint density at radius 3 is 2.32 bits per heavy atom. The molecule has 1 saturated heterocycles. The molecular formula is C13H24N4O2. The Hall–Kier alpha value is -1.14. The Morgan fingerprint density at radius 2 is 1.79 bits per heavy atom. The first-order chi connectivity index (χ1) is 9.07. The van der Waals surface area contributed by atoms with Crippen molar-refractivity contribution in [3.05, 3.63) is 0 Å². The molecule has 0 aromatic heterocycles. The average molecular weight is 268 g/mol.